The highest BCUT2D eigenvalue weighted by Gasteiger charge is 2.30. The fraction of sp³-hybridized carbons (Fsp3) is 0.381. The number of guanidine groups is 1. The van der Waals surface area contributed by atoms with Gasteiger partial charge in [0.1, 0.15) is 0 Å². The number of phenolic OH excluding ortho intramolecular Hbond substituents is 1. The van der Waals surface area contributed by atoms with Crippen LogP contribution < -0.4 is 15.4 Å². The molecule has 9 heteroatoms. The average Bonchev–Trinajstić information content (AvgIpc) is 2.69. The van der Waals surface area contributed by atoms with Crippen molar-refractivity contribution < 1.29 is 23.0 Å². The molecular weight excluding hydrogens is 510 g/mol. The van der Waals surface area contributed by atoms with Gasteiger partial charge in [-0.3, -0.25) is 4.99 Å². The van der Waals surface area contributed by atoms with Gasteiger partial charge in [-0.1, -0.05) is 24.3 Å². The number of alkyl halides is 3. The lowest BCUT2D eigenvalue weighted by Gasteiger charge is -2.19. The number of hydrogen-bond acceptors (Lipinski definition) is 3. The number of methoxy groups -OCH3 is 1. The molecule has 0 bridgehead atoms. The Morgan fingerprint density at radius 2 is 1.90 bits per heavy atom. The van der Waals surface area contributed by atoms with Gasteiger partial charge in [-0.2, -0.15) is 13.2 Å². The molecule has 5 nitrogen and oxygen atoms in total. The number of para-hydroxylation sites is 1. The summed E-state index contributed by atoms with van der Waals surface area (Å²) in [6.07, 6.45) is -3.90. The van der Waals surface area contributed by atoms with Crippen molar-refractivity contribution in [3.05, 3.63) is 59.2 Å². The molecule has 0 radical (unpaired) electrons. The molecule has 1 unspecified atom stereocenters. The van der Waals surface area contributed by atoms with Crippen LogP contribution in [0, 0.1) is 0 Å². The summed E-state index contributed by atoms with van der Waals surface area (Å²) < 4.78 is 43.9. The molecule has 2 aromatic rings. The van der Waals surface area contributed by atoms with Crippen molar-refractivity contribution >= 4 is 29.9 Å². The van der Waals surface area contributed by atoms with E-state index >= 15 is 0 Å². The number of aliphatic imine (C=N–C) groups is 1. The number of hydrogen-bond donors (Lipinski definition) is 3. The van der Waals surface area contributed by atoms with Crippen LogP contribution in [0.5, 0.6) is 11.5 Å². The summed E-state index contributed by atoms with van der Waals surface area (Å²) in [5, 5.41) is 16.3. The maximum absolute atomic E-state index is 12.9. The monoisotopic (exact) mass is 537 g/mol. The third-order valence-corrected chi connectivity index (χ3v) is 4.36. The Balaban J connectivity index is 0.00000450. The van der Waals surface area contributed by atoms with Gasteiger partial charge in [0.05, 0.1) is 18.7 Å². The molecule has 0 heterocycles. The zero-order chi connectivity index (χ0) is 21.4. The molecule has 0 fully saturated rings. The van der Waals surface area contributed by atoms with Crippen molar-refractivity contribution in [1.29, 1.82) is 0 Å². The number of aromatic hydroxyl groups is 1. The average molecular weight is 537 g/mol. The van der Waals surface area contributed by atoms with E-state index in [-0.39, 0.29) is 35.8 Å². The highest BCUT2D eigenvalue weighted by atomic mass is 127. The van der Waals surface area contributed by atoms with Crippen LogP contribution in [0.4, 0.5) is 13.2 Å². The molecule has 0 spiro atoms. The third-order valence-electron chi connectivity index (χ3n) is 4.36. The molecule has 0 saturated carbocycles. The van der Waals surface area contributed by atoms with E-state index in [0.717, 1.165) is 12.1 Å². The van der Waals surface area contributed by atoms with Crippen LogP contribution in [0.1, 0.15) is 36.6 Å². The second-order valence-electron chi connectivity index (χ2n) is 6.47. The van der Waals surface area contributed by atoms with Crippen molar-refractivity contribution in [2.75, 3.05) is 20.2 Å². The van der Waals surface area contributed by atoms with E-state index in [1.807, 2.05) is 6.92 Å². The zero-order valence-corrected chi connectivity index (χ0v) is 19.4. The second kappa shape index (κ2) is 11.9. The van der Waals surface area contributed by atoms with E-state index < -0.39 is 11.7 Å². The molecule has 0 saturated heterocycles. The van der Waals surface area contributed by atoms with Gasteiger partial charge in [0.15, 0.2) is 17.5 Å². The first-order chi connectivity index (χ1) is 13.8. The number of halogens is 4. The maximum Gasteiger partial charge on any atom is 0.416 e. The smallest absolute Gasteiger partial charge is 0.416 e. The number of ether oxygens (including phenoxy) is 1. The molecule has 0 aliphatic heterocycles. The maximum atomic E-state index is 12.9. The fourth-order valence-electron chi connectivity index (χ4n) is 2.82. The number of nitrogens with zero attached hydrogens (tertiary/aromatic N) is 1. The summed E-state index contributed by atoms with van der Waals surface area (Å²) in [6, 6.07) is 10.1. The third kappa shape index (κ3) is 7.26. The van der Waals surface area contributed by atoms with Crippen LogP contribution in [0.3, 0.4) is 0 Å². The van der Waals surface area contributed by atoms with Crippen LogP contribution in [-0.2, 0) is 12.6 Å². The van der Waals surface area contributed by atoms with Crippen LogP contribution in [0.2, 0.25) is 0 Å². The highest BCUT2D eigenvalue weighted by molar-refractivity contribution is 14.0. The molecule has 166 valence electrons. The van der Waals surface area contributed by atoms with Crippen LogP contribution >= 0.6 is 24.0 Å². The van der Waals surface area contributed by atoms with Gasteiger partial charge in [-0.05, 0) is 49.6 Å². The molecule has 2 aromatic carbocycles. The van der Waals surface area contributed by atoms with Crippen molar-refractivity contribution in [3.8, 4) is 11.5 Å². The van der Waals surface area contributed by atoms with E-state index in [1.165, 1.54) is 13.2 Å². The van der Waals surface area contributed by atoms with Gasteiger partial charge in [0, 0.05) is 13.1 Å². The van der Waals surface area contributed by atoms with Crippen molar-refractivity contribution in [2.24, 2.45) is 4.99 Å². The predicted octanol–water partition coefficient (Wildman–Crippen LogP) is 4.90. The first-order valence-corrected chi connectivity index (χ1v) is 9.33. The minimum absolute atomic E-state index is 0. The Morgan fingerprint density at radius 1 is 1.20 bits per heavy atom. The van der Waals surface area contributed by atoms with Gasteiger partial charge < -0.3 is 20.5 Å². The summed E-state index contributed by atoms with van der Waals surface area (Å²) in [6.45, 7) is 4.66. The summed E-state index contributed by atoms with van der Waals surface area (Å²) in [7, 11) is 1.49. The molecule has 0 aromatic heterocycles. The number of benzene rings is 2. The summed E-state index contributed by atoms with van der Waals surface area (Å²) in [4.78, 5) is 4.46. The molecule has 0 aliphatic rings. The Morgan fingerprint density at radius 3 is 2.53 bits per heavy atom. The van der Waals surface area contributed by atoms with Crippen molar-refractivity contribution in [1.82, 2.24) is 10.6 Å². The van der Waals surface area contributed by atoms with E-state index in [1.54, 1.807) is 31.2 Å². The summed E-state index contributed by atoms with van der Waals surface area (Å²) >= 11 is 0. The molecule has 2 rings (SSSR count). The molecular formula is C21H27F3IN3O2. The van der Waals surface area contributed by atoms with Gasteiger partial charge in [0.25, 0.3) is 0 Å². The second-order valence-corrected chi connectivity index (χ2v) is 6.47. The predicted molar refractivity (Wildman–Crippen MR) is 123 cm³/mol. The first-order valence-electron chi connectivity index (χ1n) is 9.33. The standard InChI is InChI=1S/C21H26F3N3O2.HI/c1-4-25-20(26-12-11-15-7-6-10-18(29-3)19(15)28)27-14(2)16-8-5-9-17(13-16)21(22,23)24;/h5-10,13-14,28H,4,11-12H2,1-3H3,(H2,25,26,27);1H. The van der Waals surface area contributed by atoms with Crippen LogP contribution in [0.15, 0.2) is 47.5 Å². The number of nitrogens with one attached hydrogen (secondary N) is 2. The lowest BCUT2D eigenvalue weighted by Crippen LogP contribution is -2.39. The molecule has 30 heavy (non-hydrogen) atoms. The zero-order valence-electron chi connectivity index (χ0n) is 17.1. The van der Waals surface area contributed by atoms with Crippen molar-refractivity contribution in [3.63, 3.8) is 0 Å². The molecule has 0 amide bonds. The highest BCUT2D eigenvalue weighted by Crippen LogP contribution is 2.31. The van der Waals surface area contributed by atoms with E-state index in [2.05, 4.69) is 15.6 Å². The largest absolute Gasteiger partial charge is 0.504 e. The summed E-state index contributed by atoms with van der Waals surface area (Å²) in [5.74, 6) is 0.968. The van der Waals surface area contributed by atoms with Crippen molar-refractivity contribution in [2.45, 2.75) is 32.5 Å². The van der Waals surface area contributed by atoms with E-state index in [4.69, 9.17) is 4.74 Å². The van der Waals surface area contributed by atoms with E-state index in [0.29, 0.717) is 42.3 Å². The number of phenols is 1. The quantitative estimate of drug-likeness (QED) is 0.267. The van der Waals surface area contributed by atoms with Gasteiger partial charge in [-0.15, -0.1) is 24.0 Å². The minimum atomic E-state index is -4.38. The van der Waals surface area contributed by atoms with Crippen LogP contribution in [-0.4, -0.2) is 31.3 Å². The Hall–Kier alpha value is -2.17. The Kier molecular flexibility index (Phi) is 10.2. The summed E-state index contributed by atoms with van der Waals surface area (Å²) in [5.41, 5.74) is 0.532. The normalized spacial score (nSPS) is 12.7. The van der Waals surface area contributed by atoms with Crippen LogP contribution in [0.25, 0.3) is 0 Å². The number of rotatable bonds is 7. The first kappa shape index (κ1) is 25.9. The minimum Gasteiger partial charge on any atom is -0.504 e. The lowest BCUT2D eigenvalue weighted by atomic mass is 10.1. The Bertz CT molecular complexity index is 844. The molecule has 1 atom stereocenters. The fourth-order valence-corrected chi connectivity index (χ4v) is 2.82. The van der Waals surface area contributed by atoms with Gasteiger partial charge in [0.2, 0.25) is 0 Å². The SMILES string of the molecule is CCNC(=NCCc1cccc(OC)c1O)NC(C)c1cccc(C(F)(F)F)c1.I. The Labute approximate surface area is 191 Å². The van der Waals surface area contributed by atoms with E-state index in [9.17, 15) is 18.3 Å². The molecule has 0 aliphatic carbocycles. The topological polar surface area (TPSA) is 65.9 Å². The lowest BCUT2D eigenvalue weighted by molar-refractivity contribution is -0.137. The molecule has 3 N–H and O–H groups in total. The van der Waals surface area contributed by atoms with Gasteiger partial charge in [-0.25, -0.2) is 0 Å². The van der Waals surface area contributed by atoms with Gasteiger partial charge >= 0.3 is 6.18 Å².